The van der Waals surface area contributed by atoms with Crippen LogP contribution in [0.25, 0.3) is 0 Å². The molecule has 1 aliphatic rings. The lowest BCUT2D eigenvalue weighted by Gasteiger charge is -2.17. The van der Waals surface area contributed by atoms with E-state index in [2.05, 4.69) is 24.4 Å². The Morgan fingerprint density at radius 1 is 1.29 bits per heavy atom. The van der Waals surface area contributed by atoms with Crippen molar-refractivity contribution in [3.05, 3.63) is 28.8 Å². The summed E-state index contributed by atoms with van der Waals surface area (Å²) in [5, 5.41) is 3.04. The van der Waals surface area contributed by atoms with Crippen molar-refractivity contribution in [1.29, 1.82) is 0 Å². The molecular weight excluding hydrogens is 212 g/mol. The Morgan fingerprint density at radius 2 is 1.82 bits per heavy atom. The molecule has 1 aliphatic carbocycles. The zero-order valence-corrected chi connectivity index (χ0v) is 10.8. The molecular formula is C14H20N2O. The van der Waals surface area contributed by atoms with E-state index in [0.29, 0.717) is 6.54 Å². The van der Waals surface area contributed by atoms with Gasteiger partial charge in [0.15, 0.2) is 0 Å². The first kappa shape index (κ1) is 12.1. The van der Waals surface area contributed by atoms with Gasteiger partial charge < -0.3 is 11.1 Å². The van der Waals surface area contributed by atoms with E-state index < -0.39 is 0 Å². The molecule has 1 amide bonds. The molecule has 2 rings (SSSR count). The van der Waals surface area contributed by atoms with Crippen molar-refractivity contribution in [2.45, 2.75) is 33.6 Å². The van der Waals surface area contributed by atoms with Gasteiger partial charge in [0.2, 0.25) is 5.91 Å². The van der Waals surface area contributed by atoms with Crippen LogP contribution < -0.4 is 11.1 Å². The summed E-state index contributed by atoms with van der Waals surface area (Å²) in [6.45, 7) is 6.56. The first-order valence-corrected chi connectivity index (χ1v) is 6.08. The number of hydrogen-bond acceptors (Lipinski definition) is 2. The van der Waals surface area contributed by atoms with E-state index in [1.54, 1.807) is 0 Å². The van der Waals surface area contributed by atoms with Crippen LogP contribution in [0.1, 0.15) is 29.5 Å². The predicted molar refractivity (Wildman–Crippen MR) is 70.0 cm³/mol. The molecule has 0 bridgehead atoms. The minimum absolute atomic E-state index is 0.0788. The Balaban J connectivity index is 2.22. The third-order valence-corrected chi connectivity index (χ3v) is 3.64. The van der Waals surface area contributed by atoms with Crippen LogP contribution in [0.2, 0.25) is 0 Å². The van der Waals surface area contributed by atoms with Gasteiger partial charge in [0.05, 0.1) is 5.41 Å². The molecule has 0 aliphatic heterocycles. The van der Waals surface area contributed by atoms with Crippen molar-refractivity contribution in [2.24, 2.45) is 11.1 Å². The highest BCUT2D eigenvalue weighted by atomic mass is 16.2. The second kappa shape index (κ2) is 4.15. The number of nitrogens with one attached hydrogen (secondary N) is 1. The number of rotatable bonds is 3. The number of carbonyl (C=O) groups is 1. The first-order valence-electron chi connectivity index (χ1n) is 6.08. The zero-order valence-electron chi connectivity index (χ0n) is 10.8. The van der Waals surface area contributed by atoms with Gasteiger partial charge in [0.1, 0.15) is 0 Å². The molecule has 3 heteroatoms. The fourth-order valence-corrected chi connectivity index (χ4v) is 2.30. The van der Waals surface area contributed by atoms with Crippen molar-refractivity contribution in [3.63, 3.8) is 0 Å². The van der Waals surface area contributed by atoms with Gasteiger partial charge in [-0.3, -0.25) is 4.79 Å². The monoisotopic (exact) mass is 232 g/mol. The van der Waals surface area contributed by atoms with Crippen LogP contribution in [0.15, 0.2) is 12.1 Å². The molecule has 1 aromatic carbocycles. The molecule has 1 fully saturated rings. The average Bonchev–Trinajstić information content (AvgIpc) is 3.03. The SMILES string of the molecule is Cc1cc(C)c(NC(=O)C2(CN)CC2)c(C)c1. The molecule has 3 nitrogen and oxygen atoms in total. The molecule has 0 unspecified atom stereocenters. The number of benzene rings is 1. The number of aryl methyl sites for hydroxylation is 3. The lowest BCUT2D eigenvalue weighted by Crippen LogP contribution is -2.31. The maximum atomic E-state index is 12.1. The first-order chi connectivity index (χ1) is 7.98. The van der Waals surface area contributed by atoms with Gasteiger partial charge >= 0.3 is 0 Å². The van der Waals surface area contributed by atoms with Crippen molar-refractivity contribution in [1.82, 2.24) is 0 Å². The second-order valence-electron chi connectivity index (χ2n) is 5.21. The van der Waals surface area contributed by atoms with Gasteiger partial charge in [0.25, 0.3) is 0 Å². The van der Waals surface area contributed by atoms with E-state index in [9.17, 15) is 4.79 Å². The molecule has 92 valence electrons. The summed E-state index contributed by atoms with van der Waals surface area (Å²) >= 11 is 0. The van der Waals surface area contributed by atoms with Crippen LogP contribution in [-0.4, -0.2) is 12.5 Å². The fraction of sp³-hybridized carbons (Fsp3) is 0.500. The van der Waals surface area contributed by atoms with Crippen LogP contribution >= 0.6 is 0 Å². The lowest BCUT2D eigenvalue weighted by atomic mass is 10.0. The third-order valence-electron chi connectivity index (χ3n) is 3.64. The Morgan fingerprint density at radius 3 is 2.24 bits per heavy atom. The predicted octanol–water partition coefficient (Wildman–Crippen LogP) is 2.29. The lowest BCUT2D eigenvalue weighted by molar-refractivity contribution is -0.120. The highest BCUT2D eigenvalue weighted by Gasteiger charge is 2.48. The van der Waals surface area contributed by atoms with E-state index in [-0.39, 0.29) is 11.3 Å². The van der Waals surface area contributed by atoms with Crippen molar-refractivity contribution < 1.29 is 4.79 Å². The highest BCUT2D eigenvalue weighted by Crippen LogP contribution is 2.45. The van der Waals surface area contributed by atoms with Crippen molar-refractivity contribution >= 4 is 11.6 Å². The van der Waals surface area contributed by atoms with E-state index in [1.807, 2.05) is 13.8 Å². The smallest absolute Gasteiger partial charge is 0.231 e. The third kappa shape index (κ3) is 2.20. The molecule has 0 saturated heterocycles. The van der Waals surface area contributed by atoms with Crippen molar-refractivity contribution in [3.8, 4) is 0 Å². The topological polar surface area (TPSA) is 55.1 Å². The summed E-state index contributed by atoms with van der Waals surface area (Å²) < 4.78 is 0. The van der Waals surface area contributed by atoms with Gasteiger partial charge in [-0.25, -0.2) is 0 Å². The van der Waals surface area contributed by atoms with Crippen LogP contribution in [0.3, 0.4) is 0 Å². The van der Waals surface area contributed by atoms with Gasteiger partial charge in [-0.15, -0.1) is 0 Å². The molecule has 1 aromatic rings. The maximum Gasteiger partial charge on any atom is 0.231 e. The van der Waals surface area contributed by atoms with E-state index >= 15 is 0 Å². The molecule has 0 spiro atoms. The standard InChI is InChI=1S/C14H20N2O/c1-9-6-10(2)12(11(3)7-9)16-13(17)14(8-15)4-5-14/h6-7H,4-5,8,15H2,1-3H3,(H,16,17). The fourth-order valence-electron chi connectivity index (χ4n) is 2.30. The molecule has 0 atom stereocenters. The van der Waals surface area contributed by atoms with E-state index in [0.717, 1.165) is 29.7 Å². The Bertz CT molecular complexity index is 438. The summed E-state index contributed by atoms with van der Waals surface area (Å²) in [4.78, 5) is 12.1. The normalized spacial score (nSPS) is 16.7. The molecule has 3 N–H and O–H groups in total. The minimum Gasteiger partial charge on any atom is -0.329 e. The summed E-state index contributed by atoms with van der Waals surface area (Å²) in [5.41, 5.74) is 9.77. The van der Waals surface area contributed by atoms with Gasteiger partial charge in [0, 0.05) is 12.2 Å². The van der Waals surface area contributed by atoms with E-state index in [4.69, 9.17) is 5.73 Å². The van der Waals surface area contributed by atoms with Crippen molar-refractivity contribution in [2.75, 3.05) is 11.9 Å². The van der Waals surface area contributed by atoms with Gasteiger partial charge in [-0.1, -0.05) is 17.7 Å². The quantitative estimate of drug-likeness (QED) is 0.840. The number of hydrogen-bond donors (Lipinski definition) is 2. The largest absolute Gasteiger partial charge is 0.329 e. The zero-order chi connectivity index (χ0) is 12.6. The number of carbonyl (C=O) groups excluding carboxylic acids is 1. The summed E-state index contributed by atoms with van der Waals surface area (Å²) in [6.07, 6.45) is 1.83. The molecule has 17 heavy (non-hydrogen) atoms. The molecule has 0 aromatic heterocycles. The summed E-state index contributed by atoms with van der Waals surface area (Å²) in [7, 11) is 0. The Labute approximate surface area is 102 Å². The number of anilines is 1. The summed E-state index contributed by atoms with van der Waals surface area (Å²) in [6, 6.07) is 4.18. The maximum absolute atomic E-state index is 12.1. The molecule has 0 radical (unpaired) electrons. The van der Waals surface area contributed by atoms with Crippen LogP contribution in [-0.2, 0) is 4.79 Å². The van der Waals surface area contributed by atoms with Crippen LogP contribution in [0, 0.1) is 26.2 Å². The Hall–Kier alpha value is -1.35. The average molecular weight is 232 g/mol. The molecule has 0 heterocycles. The summed E-state index contributed by atoms with van der Waals surface area (Å²) in [5.74, 6) is 0.0788. The second-order valence-corrected chi connectivity index (χ2v) is 5.21. The van der Waals surface area contributed by atoms with Gasteiger partial charge in [-0.05, 0) is 44.7 Å². The van der Waals surface area contributed by atoms with Crippen LogP contribution in [0.4, 0.5) is 5.69 Å². The molecule has 1 saturated carbocycles. The Kier molecular flexibility index (Phi) is 2.96. The minimum atomic E-state index is -0.288. The number of amides is 1. The van der Waals surface area contributed by atoms with Crippen LogP contribution in [0.5, 0.6) is 0 Å². The highest BCUT2D eigenvalue weighted by molar-refractivity contribution is 5.98. The number of nitrogens with two attached hydrogens (primary N) is 1. The van der Waals surface area contributed by atoms with Gasteiger partial charge in [-0.2, -0.15) is 0 Å². The van der Waals surface area contributed by atoms with E-state index in [1.165, 1.54) is 5.56 Å².